The van der Waals surface area contributed by atoms with E-state index in [0.717, 1.165) is 6.07 Å². The maximum absolute atomic E-state index is 12.7. The predicted octanol–water partition coefficient (Wildman–Crippen LogP) is 1.64. The normalized spacial score (nSPS) is 14.8. The van der Waals surface area contributed by atoms with Gasteiger partial charge in [-0.05, 0) is 19.9 Å². The molecule has 1 saturated heterocycles. The van der Waals surface area contributed by atoms with E-state index in [0.29, 0.717) is 43.6 Å². The molecule has 1 fully saturated rings. The second-order valence-electron chi connectivity index (χ2n) is 6.03. The lowest BCUT2D eigenvalue weighted by atomic mass is 10.3. The van der Waals surface area contributed by atoms with Crippen molar-refractivity contribution in [2.75, 3.05) is 35.9 Å². The molecule has 1 aromatic carbocycles. The van der Waals surface area contributed by atoms with Crippen molar-refractivity contribution in [3.05, 3.63) is 45.8 Å². The molecule has 1 aromatic heterocycles. The Morgan fingerprint density at radius 2 is 1.81 bits per heavy atom. The Bertz CT molecular complexity index is 950. The van der Waals surface area contributed by atoms with E-state index >= 15 is 0 Å². The number of ether oxygens (including phenoxy) is 1. The summed E-state index contributed by atoms with van der Waals surface area (Å²) in [6.45, 7) is 5.87. The molecule has 0 spiro atoms. The Kier molecular flexibility index (Phi) is 5.24. The van der Waals surface area contributed by atoms with Crippen LogP contribution in [-0.4, -0.2) is 49.6 Å². The van der Waals surface area contributed by atoms with Crippen molar-refractivity contribution in [2.24, 2.45) is 0 Å². The molecule has 3 rings (SSSR count). The zero-order valence-corrected chi connectivity index (χ0v) is 15.7. The second-order valence-corrected chi connectivity index (χ2v) is 7.71. The molecule has 2 heterocycles. The number of aryl methyl sites for hydroxylation is 2. The van der Waals surface area contributed by atoms with Gasteiger partial charge in [-0.2, -0.15) is 0 Å². The molecule has 0 saturated carbocycles. The summed E-state index contributed by atoms with van der Waals surface area (Å²) in [4.78, 5) is 20.8. The Hall–Kier alpha value is -2.79. The fourth-order valence-electron chi connectivity index (χ4n) is 2.71. The van der Waals surface area contributed by atoms with Gasteiger partial charge in [0.1, 0.15) is 0 Å². The third-order valence-corrected chi connectivity index (χ3v) is 5.48. The lowest BCUT2D eigenvalue weighted by Gasteiger charge is -2.27. The van der Waals surface area contributed by atoms with Gasteiger partial charge in [-0.25, -0.2) is 18.4 Å². The summed E-state index contributed by atoms with van der Waals surface area (Å²) in [6.07, 6.45) is 0. The first kappa shape index (κ1) is 19.0. The molecule has 27 heavy (non-hydrogen) atoms. The van der Waals surface area contributed by atoms with Gasteiger partial charge in [0.2, 0.25) is 5.95 Å². The standard InChI is InChI=1S/C16H19N5O5S/c1-11-15(12(2)18-16(17-11)20-6-8-26-9-7-20)19-27(24,25)14-5-3-4-13(10-14)21(22)23/h3-5,10,19H,6-9H2,1-2H3. The summed E-state index contributed by atoms with van der Waals surface area (Å²) >= 11 is 0. The van der Waals surface area contributed by atoms with Crippen LogP contribution in [0.2, 0.25) is 0 Å². The monoisotopic (exact) mass is 393 g/mol. The lowest BCUT2D eigenvalue weighted by Crippen LogP contribution is -2.37. The number of morpholine rings is 1. The van der Waals surface area contributed by atoms with Gasteiger partial charge >= 0.3 is 0 Å². The largest absolute Gasteiger partial charge is 0.378 e. The zero-order chi connectivity index (χ0) is 19.6. The average Bonchev–Trinajstić information content (AvgIpc) is 2.65. The molecule has 144 valence electrons. The number of aromatic nitrogens is 2. The molecule has 0 unspecified atom stereocenters. The predicted molar refractivity (Wildman–Crippen MR) is 98.4 cm³/mol. The van der Waals surface area contributed by atoms with Crippen molar-refractivity contribution >= 4 is 27.3 Å². The van der Waals surface area contributed by atoms with Crippen molar-refractivity contribution in [3.8, 4) is 0 Å². The highest BCUT2D eigenvalue weighted by Gasteiger charge is 2.22. The molecule has 0 radical (unpaired) electrons. The summed E-state index contributed by atoms with van der Waals surface area (Å²) in [6, 6.07) is 4.86. The van der Waals surface area contributed by atoms with Gasteiger partial charge in [0, 0.05) is 25.2 Å². The van der Waals surface area contributed by atoms with Crippen molar-refractivity contribution in [1.82, 2.24) is 9.97 Å². The highest BCUT2D eigenvalue weighted by atomic mass is 32.2. The number of nitro benzene ring substituents is 1. The molecular weight excluding hydrogens is 374 g/mol. The average molecular weight is 393 g/mol. The van der Waals surface area contributed by atoms with E-state index in [4.69, 9.17) is 4.74 Å². The van der Waals surface area contributed by atoms with Gasteiger partial charge < -0.3 is 9.64 Å². The van der Waals surface area contributed by atoms with Crippen LogP contribution in [0.4, 0.5) is 17.3 Å². The minimum Gasteiger partial charge on any atom is -0.378 e. The van der Waals surface area contributed by atoms with Crippen LogP contribution in [-0.2, 0) is 14.8 Å². The van der Waals surface area contributed by atoms with Crippen molar-refractivity contribution in [1.29, 1.82) is 0 Å². The number of hydrogen-bond acceptors (Lipinski definition) is 8. The fraction of sp³-hybridized carbons (Fsp3) is 0.375. The lowest BCUT2D eigenvalue weighted by molar-refractivity contribution is -0.385. The van der Waals surface area contributed by atoms with Crippen molar-refractivity contribution < 1.29 is 18.1 Å². The van der Waals surface area contributed by atoms with Crippen LogP contribution in [0, 0.1) is 24.0 Å². The molecule has 1 aliphatic rings. The number of nitrogens with one attached hydrogen (secondary N) is 1. The minimum absolute atomic E-state index is 0.201. The Morgan fingerprint density at radius 1 is 1.19 bits per heavy atom. The number of anilines is 2. The first-order chi connectivity index (χ1) is 12.8. The van der Waals surface area contributed by atoms with Gasteiger partial charge in [-0.1, -0.05) is 6.07 Å². The fourth-order valence-corrected chi connectivity index (χ4v) is 3.92. The summed E-state index contributed by atoms with van der Waals surface area (Å²) in [5.41, 5.74) is 0.903. The smallest absolute Gasteiger partial charge is 0.270 e. The van der Waals surface area contributed by atoms with E-state index in [2.05, 4.69) is 14.7 Å². The van der Waals surface area contributed by atoms with E-state index in [1.807, 2.05) is 4.90 Å². The van der Waals surface area contributed by atoms with E-state index < -0.39 is 14.9 Å². The molecule has 0 atom stereocenters. The molecule has 11 heteroatoms. The minimum atomic E-state index is -4.02. The van der Waals surface area contributed by atoms with Crippen LogP contribution >= 0.6 is 0 Å². The topological polar surface area (TPSA) is 128 Å². The van der Waals surface area contributed by atoms with Gasteiger partial charge in [0.15, 0.2) is 0 Å². The number of rotatable bonds is 5. The van der Waals surface area contributed by atoms with Crippen LogP contribution in [0.5, 0.6) is 0 Å². The molecule has 10 nitrogen and oxygen atoms in total. The number of benzene rings is 1. The van der Waals surface area contributed by atoms with Crippen LogP contribution in [0.15, 0.2) is 29.2 Å². The quantitative estimate of drug-likeness (QED) is 0.600. The molecule has 1 aliphatic heterocycles. The molecular formula is C16H19N5O5S. The number of hydrogen-bond donors (Lipinski definition) is 1. The highest BCUT2D eigenvalue weighted by molar-refractivity contribution is 7.92. The molecule has 0 aliphatic carbocycles. The molecule has 0 bridgehead atoms. The van der Waals surface area contributed by atoms with Gasteiger partial charge in [-0.15, -0.1) is 0 Å². The third-order valence-electron chi connectivity index (χ3n) is 4.13. The van der Waals surface area contributed by atoms with E-state index in [1.165, 1.54) is 18.2 Å². The number of sulfonamides is 1. The van der Waals surface area contributed by atoms with Crippen molar-refractivity contribution in [2.45, 2.75) is 18.7 Å². The maximum Gasteiger partial charge on any atom is 0.270 e. The number of non-ortho nitro benzene ring substituents is 1. The highest BCUT2D eigenvalue weighted by Crippen LogP contribution is 2.25. The second kappa shape index (κ2) is 7.45. The van der Waals surface area contributed by atoms with Crippen LogP contribution in [0.1, 0.15) is 11.4 Å². The first-order valence-corrected chi connectivity index (χ1v) is 9.71. The van der Waals surface area contributed by atoms with Crippen LogP contribution < -0.4 is 9.62 Å². The number of nitro groups is 1. The molecule has 2 aromatic rings. The zero-order valence-electron chi connectivity index (χ0n) is 14.9. The van der Waals surface area contributed by atoms with E-state index in [9.17, 15) is 18.5 Å². The Labute approximate surface area is 156 Å². The molecule has 1 N–H and O–H groups in total. The molecule has 0 amide bonds. The third kappa shape index (κ3) is 4.14. The van der Waals surface area contributed by atoms with Crippen LogP contribution in [0.25, 0.3) is 0 Å². The van der Waals surface area contributed by atoms with E-state index in [1.54, 1.807) is 13.8 Å². The summed E-state index contributed by atoms with van der Waals surface area (Å²) in [7, 11) is -4.02. The number of nitrogens with zero attached hydrogens (tertiary/aromatic N) is 4. The van der Waals surface area contributed by atoms with Crippen molar-refractivity contribution in [3.63, 3.8) is 0 Å². The van der Waals surface area contributed by atoms with Gasteiger partial charge in [0.25, 0.3) is 15.7 Å². The van der Waals surface area contributed by atoms with Gasteiger partial charge in [0.05, 0.1) is 40.1 Å². The van der Waals surface area contributed by atoms with Gasteiger partial charge in [-0.3, -0.25) is 14.8 Å². The van der Waals surface area contributed by atoms with E-state index in [-0.39, 0.29) is 16.3 Å². The Morgan fingerprint density at radius 3 is 2.41 bits per heavy atom. The first-order valence-electron chi connectivity index (χ1n) is 8.23. The maximum atomic E-state index is 12.7. The Balaban J connectivity index is 1.90. The SMILES string of the molecule is Cc1nc(N2CCOCC2)nc(C)c1NS(=O)(=O)c1cccc([N+](=O)[O-])c1. The summed E-state index contributed by atoms with van der Waals surface area (Å²) in [5, 5.41) is 10.9. The summed E-state index contributed by atoms with van der Waals surface area (Å²) < 4.78 is 33.1. The summed E-state index contributed by atoms with van der Waals surface area (Å²) in [5.74, 6) is 0.520. The van der Waals surface area contributed by atoms with Crippen LogP contribution in [0.3, 0.4) is 0 Å².